The lowest BCUT2D eigenvalue weighted by atomic mass is 9.95. The molecule has 1 aliphatic heterocycles. The van der Waals surface area contributed by atoms with Crippen molar-refractivity contribution in [2.75, 3.05) is 5.32 Å². The Morgan fingerprint density at radius 3 is 2.77 bits per heavy atom. The Labute approximate surface area is 141 Å². The van der Waals surface area contributed by atoms with Gasteiger partial charge in [0.15, 0.2) is 0 Å². The largest absolute Gasteiger partial charge is 0.488 e. The molecule has 22 heavy (non-hydrogen) atoms. The SMILES string of the molecule is Cc1cccc(OC(C)C2CCc3c(Br)cccc3N2)c1C. The third-order valence-corrected chi connectivity index (χ3v) is 5.34. The van der Waals surface area contributed by atoms with E-state index in [1.807, 2.05) is 0 Å². The predicted molar refractivity (Wildman–Crippen MR) is 95.9 cm³/mol. The van der Waals surface area contributed by atoms with Gasteiger partial charge >= 0.3 is 0 Å². The number of nitrogens with one attached hydrogen (secondary N) is 1. The van der Waals surface area contributed by atoms with Gasteiger partial charge in [0.25, 0.3) is 0 Å². The first kappa shape index (κ1) is 15.4. The Bertz CT molecular complexity index is 683. The van der Waals surface area contributed by atoms with Crippen LogP contribution in [0.3, 0.4) is 0 Å². The summed E-state index contributed by atoms with van der Waals surface area (Å²) < 4.78 is 7.43. The summed E-state index contributed by atoms with van der Waals surface area (Å²) in [7, 11) is 0. The van der Waals surface area contributed by atoms with Crippen LogP contribution in [0.25, 0.3) is 0 Å². The topological polar surface area (TPSA) is 21.3 Å². The number of halogens is 1. The van der Waals surface area contributed by atoms with Crippen molar-refractivity contribution in [1.29, 1.82) is 0 Å². The molecule has 2 aromatic carbocycles. The molecule has 0 spiro atoms. The molecule has 0 radical (unpaired) electrons. The summed E-state index contributed by atoms with van der Waals surface area (Å²) in [5.74, 6) is 0.995. The number of hydrogen-bond acceptors (Lipinski definition) is 2. The van der Waals surface area contributed by atoms with E-state index in [0.717, 1.165) is 18.6 Å². The van der Waals surface area contributed by atoms with Crippen molar-refractivity contribution in [3.05, 3.63) is 57.6 Å². The van der Waals surface area contributed by atoms with Crippen molar-refractivity contribution in [3.63, 3.8) is 0 Å². The Morgan fingerprint density at radius 1 is 1.18 bits per heavy atom. The molecule has 116 valence electrons. The van der Waals surface area contributed by atoms with E-state index in [-0.39, 0.29) is 6.10 Å². The fourth-order valence-corrected chi connectivity index (χ4v) is 3.57. The van der Waals surface area contributed by atoms with Crippen LogP contribution in [0, 0.1) is 13.8 Å². The first-order valence-electron chi connectivity index (χ1n) is 7.83. The van der Waals surface area contributed by atoms with Gasteiger partial charge in [-0.2, -0.15) is 0 Å². The minimum Gasteiger partial charge on any atom is -0.488 e. The van der Waals surface area contributed by atoms with Gasteiger partial charge in [-0.3, -0.25) is 0 Å². The van der Waals surface area contributed by atoms with Crippen LogP contribution in [0.2, 0.25) is 0 Å². The average Bonchev–Trinajstić information content (AvgIpc) is 2.51. The van der Waals surface area contributed by atoms with Gasteiger partial charge in [0.2, 0.25) is 0 Å². The number of benzene rings is 2. The lowest BCUT2D eigenvalue weighted by Crippen LogP contribution is -2.38. The zero-order chi connectivity index (χ0) is 15.7. The highest BCUT2D eigenvalue weighted by molar-refractivity contribution is 9.10. The third-order valence-electron chi connectivity index (χ3n) is 4.60. The summed E-state index contributed by atoms with van der Waals surface area (Å²) in [6.07, 6.45) is 2.30. The van der Waals surface area contributed by atoms with Crippen LogP contribution >= 0.6 is 15.9 Å². The zero-order valence-electron chi connectivity index (χ0n) is 13.3. The van der Waals surface area contributed by atoms with Crippen molar-refractivity contribution in [1.82, 2.24) is 0 Å². The molecule has 3 rings (SSSR count). The standard InChI is InChI=1S/C19H22BrNO/c1-12-6-4-9-19(13(12)2)22-14(3)17-11-10-15-16(20)7-5-8-18(15)21-17/h4-9,14,17,21H,10-11H2,1-3H3. The molecule has 1 N–H and O–H groups in total. The number of anilines is 1. The van der Waals surface area contributed by atoms with E-state index < -0.39 is 0 Å². The molecule has 2 atom stereocenters. The van der Waals surface area contributed by atoms with Crippen LogP contribution in [0.15, 0.2) is 40.9 Å². The summed E-state index contributed by atoms with van der Waals surface area (Å²) in [4.78, 5) is 0. The van der Waals surface area contributed by atoms with Gasteiger partial charge in [-0.15, -0.1) is 0 Å². The van der Waals surface area contributed by atoms with Crippen molar-refractivity contribution in [2.45, 2.75) is 45.8 Å². The van der Waals surface area contributed by atoms with Gasteiger partial charge < -0.3 is 10.1 Å². The van der Waals surface area contributed by atoms with E-state index >= 15 is 0 Å². The van der Waals surface area contributed by atoms with Crippen LogP contribution in [0.1, 0.15) is 30.0 Å². The molecule has 0 bridgehead atoms. The molecule has 0 aliphatic carbocycles. The van der Waals surface area contributed by atoms with Crippen LogP contribution in [0.5, 0.6) is 5.75 Å². The fraction of sp³-hybridized carbons (Fsp3) is 0.368. The lowest BCUT2D eigenvalue weighted by Gasteiger charge is -2.32. The van der Waals surface area contributed by atoms with Crippen molar-refractivity contribution in [2.24, 2.45) is 0 Å². The van der Waals surface area contributed by atoms with Gasteiger partial charge in [0.1, 0.15) is 11.9 Å². The van der Waals surface area contributed by atoms with Gasteiger partial charge in [-0.25, -0.2) is 0 Å². The van der Waals surface area contributed by atoms with Crippen LogP contribution in [-0.4, -0.2) is 12.1 Å². The summed E-state index contributed by atoms with van der Waals surface area (Å²) in [5.41, 5.74) is 5.10. The molecule has 2 unspecified atom stereocenters. The maximum atomic E-state index is 6.24. The maximum Gasteiger partial charge on any atom is 0.122 e. The highest BCUT2D eigenvalue weighted by Crippen LogP contribution is 2.32. The molecular formula is C19H22BrNO. The number of hydrogen-bond donors (Lipinski definition) is 1. The van der Waals surface area contributed by atoms with Gasteiger partial charge in [-0.05, 0) is 68.5 Å². The number of aryl methyl sites for hydroxylation is 1. The molecule has 1 aliphatic rings. The zero-order valence-corrected chi connectivity index (χ0v) is 14.9. The highest BCUT2D eigenvalue weighted by atomic mass is 79.9. The quantitative estimate of drug-likeness (QED) is 0.806. The van der Waals surface area contributed by atoms with Crippen molar-refractivity contribution >= 4 is 21.6 Å². The minimum absolute atomic E-state index is 0.132. The first-order valence-corrected chi connectivity index (χ1v) is 8.62. The van der Waals surface area contributed by atoms with Crippen LogP contribution in [-0.2, 0) is 6.42 Å². The first-order chi connectivity index (χ1) is 10.6. The van der Waals surface area contributed by atoms with Gasteiger partial charge in [0, 0.05) is 10.2 Å². The summed E-state index contributed by atoms with van der Waals surface area (Å²) >= 11 is 3.64. The Balaban J connectivity index is 1.74. The van der Waals surface area contributed by atoms with Crippen molar-refractivity contribution in [3.8, 4) is 5.75 Å². The fourth-order valence-electron chi connectivity index (χ4n) is 3.01. The predicted octanol–water partition coefficient (Wildman–Crippen LogP) is 5.26. The lowest BCUT2D eigenvalue weighted by molar-refractivity contribution is 0.190. The van der Waals surface area contributed by atoms with E-state index in [0.29, 0.717) is 6.04 Å². The number of rotatable bonds is 3. The van der Waals surface area contributed by atoms with E-state index in [1.165, 1.54) is 26.9 Å². The second kappa shape index (κ2) is 6.33. The Kier molecular flexibility index (Phi) is 4.44. The number of ether oxygens (including phenoxy) is 1. The minimum atomic E-state index is 0.132. The number of fused-ring (bicyclic) bond motifs is 1. The van der Waals surface area contributed by atoms with Crippen molar-refractivity contribution < 1.29 is 4.74 Å². The Hall–Kier alpha value is -1.48. The molecule has 0 saturated heterocycles. The van der Waals surface area contributed by atoms with Crippen LogP contribution in [0.4, 0.5) is 5.69 Å². The second-order valence-corrected chi connectivity index (χ2v) is 6.93. The molecule has 0 saturated carbocycles. The van der Waals surface area contributed by atoms with E-state index in [4.69, 9.17) is 4.74 Å². The molecule has 1 heterocycles. The Morgan fingerprint density at radius 2 is 1.95 bits per heavy atom. The summed E-state index contributed by atoms with van der Waals surface area (Å²) in [5, 5.41) is 3.64. The van der Waals surface area contributed by atoms with E-state index in [1.54, 1.807) is 0 Å². The average molecular weight is 360 g/mol. The molecular weight excluding hydrogens is 338 g/mol. The monoisotopic (exact) mass is 359 g/mol. The van der Waals surface area contributed by atoms with E-state index in [9.17, 15) is 0 Å². The third kappa shape index (κ3) is 3.00. The highest BCUT2D eigenvalue weighted by Gasteiger charge is 2.25. The summed E-state index contributed by atoms with van der Waals surface area (Å²) in [6, 6.07) is 12.9. The van der Waals surface area contributed by atoms with Gasteiger partial charge in [0.05, 0.1) is 6.04 Å². The molecule has 2 nitrogen and oxygen atoms in total. The molecule has 2 aromatic rings. The molecule has 3 heteroatoms. The van der Waals surface area contributed by atoms with E-state index in [2.05, 4.69) is 78.4 Å². The maximum absolute atomic E-state index is 6.24. The molecule has 0 amide bonds. The molecule has 0 fully saturated rings. The smallest absolute Gasteiger partial charge is 0.122 e. The van der Waals surface area contributed by atoms with Crippen LogP contribution < -0.4 is 10.1 Å². The van der Waals surface area contributed by atoms with Gasteiger partial charge in [-0.1, -0.05) is 34.1 Å². The summed E-state index contributed by atoms with van der Waals surface area (Å²) in [6.45, 7) is 6.40. The normalized spacial score (nSPS) is 18.3. The second-order valence-electron chi connectivity index (χ2n) is 6.08. The molecule has 0 aromatic heterocycles.